The van der Waals surface area contributed by atoms with Gasteiger partial charge in [-0.1, -0.05) is 29.3 Å². The Balaban J connectivity index is 2.37. The first kappa shape index (κ1) is 13.1. The van der Waals surface area contributed by atoms with E-state index >= 15 is 0 Å². The molecule has 2 aromatic rings. The quantitative estimate of drug-likeness (QED) is 0.934. The van der Waals surface area contributed by atoms with Crippen LogP contribution in [0.1, 0.15) is 5.56 Å². The predicted octanol–water partition coefficient (Wildman–Crippen LogP) is 3.78. The highest BCUT2D eigenvalue weighted by Gasteiger charge is 2.11. The van der Waals surface area contributed by atoms with Crippen molar-refractivity contribution in [2.45, 2.75) is 6.54 Å². The molecule has 1 aromatic heterocycles. The molecule has 1 aromatic carbocycles. The van der Waals surface area contributed by atoms with Gasteiger partial charge in [-0.3, -0.25) is 0 Å². The van der Waals surface area contributed by atoms with E-state index in [2.05, 4.69) is 4.98 Å². The Morgan fingerprint density at radius 3 is 2.78 bits per heavy atom. The number of hydrogen-bond donors (Lipinski definition) is 1. The first-order chi connectivity index (χ1) is 8.61. The van der Waals surface area contributed by atoms with Crippen molar-refractivity contribution in [3.05, 3.63) is 51.9 Å². The maximum absolute atomic E-state index is 13.5. The fraction of sp³-hybridized carbons (Fsp3) is 0.0833. The second kappa shape index (κ2) is 5.52. The van der Waals surface area contributed by atoms with Crippen LogP contribution in [0.4, 0.5) is 4.39 Å². The summed E-state index contributed by atoms with van der Waals surface area (Å²) in [5.41, 5.74) is 5.74. The van der Waals surface area contributed by atoms with Crippen LogP contribution in [0.15, 0.2) is 30.5 Å². The summed E-state index contributed by atoms with van der Waals surface area (Å²) in [6, 6.07) is 5.92. The molecule has 0 saturated heterocycles. The van der Waals surface area contributed by atoms with Crippen LogP contribution in [0.5, 0.6) is 11.6 Å². The minimum Gasteiger partial charge on any atom is -0.437 e. The van der Waals surface area contributed by atoms with Gasteiger partial charge < -0.3 is 10.5 Å². The van der Waals surface area contributed by atoms with E-state index in [9.17, 15) is 4.39 Å². The number of ether oxygens (including phenoxy) is 1. The molecule has 0 bridgehead atoms. The number of halogens is 3. The molecule has 0 fully saturated rings. The van der Waals surface area contributed by atoms with Gasteiger partial charge in [-0.05, 0) is 18.2 Å². The van der Waals surface area contributed by atoms with Crippen LogP contribution < -0.4 is 10.5 Å². The fourth-order valence-corrected chi connectivity index (χ4v) is 1.83. The van der Waals surface area contributed by atoms with E-state index in [0.717, 1.165) is 0 Å². The fourth-order valence-electron chi connectivity index (χ4n) is 1.41. The van der Waals surface area contributed by atoms with Crippen molar-refractivity contribution >= 4 is 23.2 Å². The van der Waals surface area contributed by atoms with E-state index in [1.807, 2.05) is 0 Å². The van der Waals surface area contributed by atoms with Gasteiger partial charge >= 0.3 is 0 Å². The Bertz CT molecular complexity index is 578. The molecule has 0 atom stereocenters. The van der Waals surface area contributed by atoms with Crippen molar-refractivity contribution in [1.82, 2.24) is 4.98 Å². The first-order valence-corrected chi connectivity index (χ1v) is 5.83. The summed E-state index contributed by atoms with van der Waals surface area (Å²) >= 11 is 11.6. The van der Waals surface area contributed by atoms with Gasteiger partial charge in [0.2, 0.25) is 5.88 Å². The Labute approximate surface area is 113 Å². The Hall–Kier alpha value is -1.36. The molecule has 2 rings (SSSR count). The summed E-state index contributed by atoms with van der Waals surface area (Å²) in [5.74, 6) is 0.00988. The average Bonchev–Trinajstić information content (AvgIpc) is 2.33. The van der Waals surface area contributed by atoms with E-state index in [0.29, 0.717) is 5.02 Å². The molecule has 2 N–H and O–H groups in total. The van der Waals surface area contributed by atoms with Crippen LogP contribution in [0.3, 0.4) is 0 Å². The summed E-state index contributed by atoms with van der Waals surface area (Å²) in [5, 5.41) is 0.639. The lowest BCUT2D eigenvalue weighted by atomic mass is 10.2. The lowest BCUT2D eigenvalue weighted by molar-refractivity contribution is 0.450. The molecule has 0 spiro atoms. The molecule has 0 aliphatic heterocycles. The summed E-state index contributed by atoms with van der Waals surface area (Å²) < 4.78 is 18.9. The molecular weight excluding hydrogens is 278 g/mol. The van der Waals surface area contributed by atoms with Crippen molar-refractivity contribution < 1.29 is 9.13 Å². The number of aromatic nitrogens is 1. The van der Waals surface area contributed by atoms with Gasteiger partial charge in [0.05, 0.1) is 5.02 Å². The van der Waals surface area contributed by atoms with Crippen molar-refractivity contribution in [1.29, 1.82) is 0 Å². The maximum Gasteiger partial charge on any atom is 0.238 e. The van der Waals surface area contributed by atoms with Gasteiger partial charge in [0.1, 0.15) is 16.6 Å². The Morgan fingerprint density at radius 1 is 1.33 bits per heavy atom. The second-order valence-corrected chi connectivity index (χ2v) is 4.31. The lowest BCUT2D eigenvalue weighted by Crippen LogP contribution is -2.03. The van der Waals surface area contributed by atoms with E-state index in [4.69, 9.17) is 33.7 Å². The topological polar surface area (TPSA) is 48.1 Å². The van der Waals surface area contributed by atoms with Crippen LogP contribution in [0.2, 0.25) is 10.0 Å². The van der Waals surface area contributed by atoms with Crippen LogP contribution in [-0.2, 0) is 6.54 Å². The molecular formula is C12H9Cl2FN2O. The Morgan fingerprint density at radius 2 is 2.11 bits per heavy atom. The lowest BCUT2D eigenvalue weighted by Gasteiger charge is -2.10. The van der Waals surface area contributed by atoms with Crippen LogP contribution in [0.25, 0.3) is 0 Å². The highest BCUT2D eigenvalue weighted by Crippen LogP contribution is 2.31. The van der Waals surface area contributed by atoms with E-state index < -0.39 is 5.82 Å². The van der Waals surface area contributed by atoms with Crippen LogP contribution in [-0.4, -0.2) is 4.98 Å². The monoisotopic (exact) mass is 286 g/mol. The molecule has 3 nitrogen and oxygen atoms in total. The molecule has 0 aliphatic carbocycles. The summed E-state index contributed by atoms with van der Waals surface area (Å²) in [7, 11) is 0. The third kappa shape index (κ3) is 2.72. The Kier molecular flexibility index (Phi) is 4.01. The third-order valence-electron chi connectivity index (χ3n) is 2.26. The van der Waals surface area contributed by atoms with Crippen LogP contribution in [0, 0.1) is 5.82 Å². The van der Waals surface area contributed by atoms with Gasteiger partial charge in [0.25, 0.3) is 0 Å². The SMILES string of the molecule is NCc1c(F)cccc1Oc1ncc(Cl)cc1Cl. The number of nitrogens with two attached hydrogens (primary N) is 1. The van der Waals surface area contributed by atoms with E-state index in [1.165, 1.54) is 24.4 Å². The molecule has 1 heterocycles. The molecule has 0 radical (unpaired) electrons. The van der Waals surface area contributed by atoms with Gasteiger partial charge in [-0.25, -0.2) is 9.37 Å². The maximum atomic E-state index is 13.5. The van der Waals surface area contributed by atoms with Gasteiger partial charge in [-0.2, -0.15) is 0 Å². The van der Waals surface area contributed by atoms with Crippen molar-refractivity contribution in [2.24, 2.45) is 5.73 Å². The number of rotatable bonds is 3. The van der Waals surface area contributed by atoms with Crippen molar-refractivity contribution in [3.8, 4) is 11.6 Å². The number of hydrogen-bond acceptors (Lipinski definition) is 3. The average molecular weight is 287 g/mol. The molecule has 94 valence electrons. The number of nitrogens with zero attached hydrogens (tertiary/aromatic N) is 1. The highest BCUT2D eigenvalue weighted by atomic mass is 35.5. The molecule has 0 unspecified atom stereocenters. The second-order valence-electron chi connectivity index (χ2n) is 3.46. The summed E-state index contributed by atoms with van der Waals surface area (Å²) in [6.45, 7) is 0.0210. The minimum absolute atomic E-state index is 0.0210. The third-order valence-corrected chi connectivity index (χ3v) is 2.74. The summed E-state index contributed by atoms with van der Waals surface area (Å²) in [6.07, 6.45) is 1.39. The zero-order valence-electron chi connectivity index (χ0n) is 9.16. The van der Waals surface area contributed by atoms with Crippen molar-refractivity contribution in [3.63, 3.8) is 0 Å². The minimum atomic E-state index is -0.430. The highest BCUT2D eigenvalue weighted by molar-refractivity contribution is 6.35. The number of benzene rings is 1. The molecule has 0 amide bonds. The van der Waals surface area contributed by atoms with Crippen LogP contribution >= 0.6 is 23.2 Å². The standard InChI is InChI=1S/C12H9Cl2FN2O/c13-7-4-9(14)12(17-6-7)18-11-3-1-2-10(15)8(11)5-16/h1-4,6H,5,16H2. The first-order valence-electron chi connectivity index (χ1n) is 5.08. The molecule has 0 saturated carbocycles. The van der Waals surface area contributed by atoms with E-state index in [1.54, 1.807) is 6.07 Å². The van der Waals surface area contributed by atoms with Gasteiger partial charge in [0, 0.05) is 18.3 Å². The predicted molar refractivity (Wildman–Crippen MR) is 68.6 cm³/mol. The van der Waals surface area contributed by atoms with Gasteiger partial charge in [0.15, 0.2) is 0 Å². The van der Waals surface area contributed by atoms with E-state index in [-0.39, 0.29) is 28.8 Å². The molecule has 0 aliphatic rings. The molecule has 18 heavy (non-hydrogen) atoms. The van der Waals surface area contributed by atoms with Gasteiger partial charge in [-0.15, -0.1) is 0 Å². The normalized spacial score (nSPS) is 10.4. The molecule has 6 heteroatoms. The smallest absolute Gasteiger partial charge is 0.238 e. The van der Waals surface area contributed by atoms with Crippen molar-refractivity contribution in [2.75, 3.05) is 0 Å². The zero-order valence-corrected chi connectivity index (χ0v) is 10.7. The largest absolute Gasteiger partial charge is 0.437 e. The number of pyridine rings is 1. The zero-order chi connectivity index (χ0) is 13.1. The summed E-state index contributed by atoms with van der Waals surface area (Å²) in [4.78, 5) is 3.93.